The topological polar surface area (TPSA) is 76.1 Å². The fraction of sp³-hybridized carbons (Fsp3) is 0.333. The molecule has 1 aliphatic rings. The second kappa shape index (κ2) is 9.13. The Morgan fingerprint density at radius 3 is 2.37 bits per heavy atom. The molecule has 0 saturated carbocycles. The third-order valence-corrected chi connectivity index (χ3v) is 5.17. The van der Waals surface area contributed by atoms with E-state index in [-0.39, 0.29) is 24.0 Å². The van der Waals surface area contributed by atoms with Crippen molar-refractivity contribution in [3.05, 3.63) is 70.8 Å². The van der Waals surface area contributed by atoms with Gasteiger partial charge in [0.05, 0.1) is 31.4 Å². The van der Waals surface area contributed by atoms with Gasteiger partial charge in [0.15, 0.2) is 0 Å². The molecule has 0 radical (unpaired) electrons. The van der Waals surface area contributed by atoms with E-state index in [2.05, 4.69) is 0 Å². The van der Waals surface area contributed by atoms with Gasteiger partial charge in [-0.05, 0) is 56.2 Å². The standard InChI is InChI=1S/C24H27NO5/c1-15(2)30-14-13-25-21(19-8-6-5-7-16(19)3)20(23(27)24(25)28)22(26)17-9-11-18(29-4)12-10-17/h5-12,15,21,26H,13-14H2,1-4H3/b22-20-. The highest BCUT2D eigenvalue weighted by molar-refractivity contribution is 6.46. The highest BCUT2D eigenvalue weighted by Gasteiger charge is 2.46. The van der Waals surface area contributed by atoms with Crippen LogP contribution in [-0.2, 0) is 14.3 Å². The molecule has 1 amide bonds. The molecule has 6 nitrogen and oxygen atoms in total. The number of carbonyl (C=O) groups excluding carboxylic acids is 2. The molecular formula is C24H27NO5. The van der Waals surface area contributed by atoms with Crippen molar-refractivity contribution >= 4 is 17.4 Å². The Bertz CT molecular complexity index is 962. The van der Waals surface area contributed by atoms with Gasteiger partial charge in [-0.15, -0.1) is 0 Å². The van der Waals surface area contributed by atoms with Crippen LogP contribution < -0.4 is 4.74 Å². The van der Waals surface area contributed by atoms with Gasteiger partial charge in [0.2, 0.25) is 0 Å². The molecule has 0 spiro atoms. The molecule has 0 aromatic heterocycles. The molecular weight excluding hydrogens is 382 g/mol. The van der Waals surface area contributed by atoms with Crippen LogP contribution in [0.2, 0.25) is 0 Å². The van der Waals surface area contributed by atoms with Crippen molar-refractivity contribution in [3.63, 3.8) is 0 Å². The molecule has 2 aromatic rings. The van der Waals surface area contributed by atoms with Crippen molar-refractivity contribution in [1.82, 2.24) is 4.90 Å². The monoisotopic (exact) mass is 409 g/mol. The molecule has 1 N–H and O–H groups in total. The summed E-state index contributed by atoms with van der Waals surface area (Å²) in [6.07, 6.45) is 0.0121. The summed E-state index contributed by atoms with van der Waals surface area (Å²) >= 11 is 0. The van der Waals surface area contributed by atoms with E-state index in [1.165, 1.54) is 4.90 Å². The lowest BCUT2D eigenvalue weighted by Gasteiger charge is -2.26. The number of ether oxygens (including phenoxy) is 2. The molecule has 0 bridgehead atoms. The van der Waals surface area contributed by atoms with Gasteiger partial charge in [0, 0.05) is 12.1 Å². The number of hydrogen-bond donors (Lipinski definition) is 1. The van der Waals surface area contributed by atoms with Gasteiger partial charge in [0.1, 0.15) is 11.5 Å². The summed E-state index contributed by atoms with van der Waals surface area (Å²) in [6.45, 7) is 6.30. The van der Waals surface area contributed by atoms with E-state index in [4.69, 9.17) is 9.47 Å². The molecule has 0 aliphatic carbocycles. The van der Waals surface area contributed by atoms with Gasteiger partial charge in [-0.3, -0.25) is 9.59 Å². The summed E-state index contributed by atoms with van der Waals surface area (Å²) in [4.78, 5) is 27.3. The number of likely N-dealkylation sites (tertiary alicyclic amines) is 1. The van der Waals surface area contributed by atoms with Crippen molar-refractivity contribution in [1.29, 1.82) is 0 Å². The number of amides is 1. The Morgan fingerprint density at radius 1 is 1.10 bits per heavy atom. The number of hydrogen-bond acceptors (Lipinski definition) is 5. The van der Waals surface area contributed by atoms with E-state index in [1.54, 1.807) is 31.4 Å². The van der Waals surface area contributed by atoms with Gasteiger partial charge >= 0.3 is 0 Å². The average Bonchev–Trinajstić information content (AvgIpc) is 2.98. The van der Waals surface area contributed by atoms with Crippen molar-refractivity contribution in [2.75, 3.05) is 20.3 Å². The van der Waals surface area contributed by atoms with Crippen LogP contribution in [-0.4, -0.2) is 48.1 Å². The smallest absolute Gasteiger partial charge is 0.295 e. The summed E-state index contributed by atoms with van der Waals surface area (Å²) < 4.78 is 10.8. The number of benzene rings is 2. The van der Waals surface area contributed by atoms with E-state index in [1.807, 2.05) is 45.0 Å². The highest BCUT2D eigenvalue weighted by atomic mass is 16.5. The maximum absolute atomic E-state index is 13.0. The van der Waals surface area contributed by atoms with E-state index < -0.39 is 17.7 Å². The number of ketones is 1. The Labute approximate surface area is 176 Å². The van der Waals surface area contributed by atoms with Crippen LogP contribution in [0.3, 0.4) is 0 Å². The summed E-state index contributed by atoms with van der Waals surface area (Å²) in [5.41, 5.74) is 2.27. The summed E-state index contributed by atoms with van der Waals surface area (Å²) in [5, 5.41) is 11.0. The first-order valence-electron chi connectivity index (χ1n) is 9.95. The van der Waals surface area contributed by atoms with Crippen LogP contribution in [0.5, 0.6) is 5.75 Å². The largest absolute Gasteiger partial charge is 0.507 e. The summed E-state index contributed by atoms with van der Waals surface area (Å²) in [7, 11) is 1.55. The minimum atomic E-state index is -0.693. The molecule has 1 aliphatic heterocycles. The van der Waals surface area contributed by atoms with Crippen LogP contribution in [0.25, 0.3) is 5.76 Å². The van der Waals surface area contributed by atoms with Crippen molar-refractivity contribution in [3.8, 4) is 5.75 Å². The van der Waals surface area contributed by atoms with Crippen LogP contribution in [0.15, 0.2) is 54.1 Å². The van der Waals surface area contributed by atoms with Gasteiger partial charge < -0.3 is 19.5 Å². The molecule has 158 valence electrons. The summed E-state index contributed by atoms with van der Waals surface area (Å²) in [6, 6.07) is 13.6. The van der Waals surface area contributed by atoms with Gasteiger partial charge in [-0.2, -0.15) is 0 Å². The Hall–Kier alpha value is -3.12. The van der Waals surface area contributed by atoms with Crippen molar-refractivity contribution in [2.24, 2.45) is 0 Å². The number of carbonyl (C=O) groups is 2. The van der Waals surface area contributed by atoms with Crippen LogP contribution in [0.4, 0.5) is 0 Å². The molecule has 6 heteroatoms. The third-order valence-electron chi connectivity index (χ3n) is 5.17. The Balaban J connectivity index is 2.09. The minimum absolute atomic E-state index is 0.0121. The SMILES string of the molecule is COc1ccc(/C(O)=C2/C(=O)C(=O)N(CCOC(C)C)C2c2ccccc2C)cc1. The maximum atomic E-state index is 13.0. The predicted molar refractivity (Wildman–Crippen MR) is 114 cm³/mol. The molecule has 1 fully saturated rings. The predicted octanol–water partition coefficient (Wildman–Crippen LogP) is 3.85. The van der Waals surface area contributed by atoms with Gasteiger partial charge in [-0.25, -0.2) is 0 Å². The first-order chi connectivity index (χ1) is 14.3. The normalized spacial score (nSPS) is 18.3. The first kappa shape index (κ1) is 21.6. The van der Waals surface area contributed by atoms with E-state index >= 15 is 0 Å². The zero-order chi connectivity index (χ0) is 21.8. The van der Waals surface area contributed by atoms with Gasteiger partial charge in [0.25, 0.3) is 11.7 Å². The van der Waals surface area contributed by atoms with E-state index in [0.29, 0.717) is 17.9 Å². The average molecular weight is 409 g/mol. The lowest BCUT2D eigenvalue weighted by molar-refractivity contribution is -0.140. The number of methoxy groups -OCH3 is 1. The molecule has 1 saturated heterocycles. The molecule has 2 aromatic carbocycles. The minimum Gasteiger partial charge on any atom is -0.507 e. The van der Waals surface area contributed by atoms with E-state index in [0.717, 1.165) is 11.1 Å². The highest BCUT2D eigenvalue weighted by Crippen LogP contribution is 2.40. The second-order valence-corrected chi connectivity index (χ2v) is 7.50. The quantitative estimate of drug-likeness (QED) is 0.427. The molecule has 3 rings (SSSR count). The number of nitrogens with zero attached hydrogens (tertiary/aromatic N) is 1. The van der Waals surface area contributed by atoms with Crippen LogP contribution in [0, 0.1) is 6.92 Å². The molecule has 1 unspecified atom stereocenters. The van der Waals surface area contributed by atoms with E-state index in [9.17, 15) is 14.7 Å². The number of aliphatic hydroxyl groups excluding tert-OH is 1. The fourth-order valence-corrected chi connectivity index (χ4v) is 3.62. The number of aliphatic hydroxyl groups is 1. The number of aryl methyl sites for hydroxylation is 1. The molecule has 1 heterocycles. The lowest BCUT2D eigenvalue weighted by Crippen LogP contribution is -2.33. The summed E-state index contributed by atoms with van der Waals surface area (Å²) in [5.74, 6) is -0.892. The van der Waals surface area contributed by atoms with Crippen molar-refractivity contribution in [2.45, 2.75) is 32.9 Å². The zero-order valence-electron chi connectivity index (χ0n) is 17.7. The van der Waals surface area contributed by atoms with Crippen molar-refractivity contribution < 1.29 is 24.2 Å². The number of Topliss-reactive ketones (excluding diaryl/α,β-unsaturated/α-hetero) is 1. The fourth-order valence-electron chi connectivity index (χ4n) is 3.62. The van der Waals surface area contributed by atoms with Crippen LogP contribution >= 0.6 is 0 Å². The Kier molecular flexibility index (Phi) is 6.57. The molecule has 30 heavy (non-hydrogen) atoms. The lowest BCUT2D eigenvalue weighted by atomic mass is 9.92. The number of rotatable bonds is 7. The third kappa shape index (κ3) is 4.24. The maximum Gasteiger partial charge on any atom is 0.295 e. The molecule has 1 atom stereocenters. The Morgan fingerprint density at radius 2 is 1.77 bits per heavy atom. The first-order valence-corrected chi connectivity index (χ1v) is 9.95. The zero-order valence-corrected chi connectivity index (χ0v) is 17.7. The second-order valence-electron chi connectivity index (χ2n) is 7.50. The van der Waals surface area contributed by atoms with Gasteiger partial charge in [-0.1, -0.05) is 24.3 Å². The van der Waals surface area contributed by atoms with Crippen LogP contribution in [0.1, 0.15) is 36.6 Å².